The molecule has 0 aliphatic rings. The zero-order valence-electron chi connectivity index (χ0n) is 9.40. The maximum absolute atomic E-state index is 9.74. The predicted octanol–water partition coefficient (Wildman–Crippen LogP) is 0.929. The molecule has 0 saturated heterocycles. The summed E-state index contributed by atoms with van der Waals surface area (Å²) in [6.45, 7) is 0.174. The Morgan fingerprint density at radius 3 is 2.69 bits per heavy atom. The average Bonchev–Trinajstić information content (AvgIpc) is 2.31. The van der Waals surface area contributed by atoms with Crippen LogP contribution in [0.2, 0.25) is 5.02 Å². The van der Waals surface area contributed by atoms with Gasteiger partial charge in [0.15, 0.2) is 0 Å². The number of aliphatic hydroxyl groups is 1. The van der Waals surface area contributed by atoms with Crippen molar-refractivity contribution in [3.8, 4) is 5.75 Å². The Morgan fingerprint density at radius 1 is 1.56 bits per heavy atom. The first-order valence-corrected chi connectivity index (χ1v) is 5.40. The van der Waals surface area contributed by atoms with E-state index in [2.05, 4.69) is 5.32 Å². The van der Waals surface area contributed by atoms with Crippen molar-refractivity contribution >= 4 is 11.6 Å². The zero-order chi connectivity index (χ0) is 12.1. The third-order valence-electron chi connectivity index (χ3n) is 2.48. The zero-order valence-corrected chi connectivity index (χ0v) is 10.2. The molecule has 0 aliphatic carbocycles. The normalized spacial score (nSPS) is 14.6. The number of ether oxygens (including phenoxy) is 1. The summed E-state index contributed by atoms with van der Waals surface area (Å²) in [5.41, 5.74) is 6.24. The summed E-state index contributed by atoms with van der Waals surface area (Å²) < 4.78 is 5.06. The first-order valence-electron chi connectivity index (χ1n) is 5.02. The molecule has 4 nitrogen and oxygen atoms in total. The molecule has 1 aromatic rings. The molecule has 2 atom stereocenters. The van der Waals surface area contributed by atoms with Gasteiger partial charge in [-0.1, -0.05) is 17.7 Å². The van der Waals surface area contributed by atoms with E-state index >= 15 is 0 Å². The number of nitrogens with two attached hydrogens (primary N) is 1. The van der Waals surface area contributed by atoms with Crippen molar-refractivity contribution in [3.05, 3.63) is 28.8 Å². The minimum Gasteiger partial charge on any atom is -0.497 e. The van der Waals surface area contributed by atoms with E-state index < -0.39 is 6.10 Å². The van der Waals surface area contributed by atoms with Crippen LogP contribution in [-0.2, 0) is 0 Å². The average molecular weight is 245 g/mol. The van der Waals surface area contributed by atoms with Gasteiger partial charge in [-0.3, -0.25) is 0 Å². The van der Waals surface area contributed by atoms with Crippen molar-refractivity contribution in [2.75, 3.05) is 20.7 Å². The second-order valence-corrected chi connectivity index (χ2v) is 3.86. The second kappa shape index (κ2) is 6.06. The molecule has 1 aromatic carbocycles. The first kappa shape index (κ1) is 13.3. The van der Waals surface area contributed by atoms with Gasteiger partial charge in [-0.2, -0.15) is 0 Å². The van der Waals surface area contributed by atoms with Gasteiger partial charge in [-0.25, -0.2) is 0 Å². The fourth-order valence-electron chi connectivity index (χ4n) is 1.58. The SMILES string of the molecule is CNC(c1ccc(OC)cc1Cl)C(O)CN. The number of aliphatic hydroxyl groups excluding tert-OH is 1. The first-order chi connectivity index (χ1) is 7.63. The van der Waals surface area contributed by atoms with E-state index in [1.165, 1.54) is 0 Å². The standard InChI is InChI=1S/C11H17ClN2O2/c1-14-11(10(15)6-13)8-4-3-7(16-2)5-9(8)12/h3-5,10-11,14-15H,6,13H2,1-2H3. The van der Waals surface area contributed by atoms with Crippen LogP contribution in [0.5, 0.6) is 5.75 Å². The fraction of sp³-hybridized carbons (Fsp3) is 0.455. The summed E-state index contributed by atoms with van der Waals surface area (Å²) in [5.74, 6) is 0.686. The molecule has 0 saturated carbocycles. The van der Waals surface area contributed by atoms with E-state index in [0.717, 1.165) is 5.56 Å². The molecular formula is C11H17ClN2O2. The highest BCUT2D eigenvalue weighted by atomic mass is 35.5. The van der Waals surface area contributed by atoms with Crippen LogP contribution >= 0.6 is 11.6 Å². The van der Waals surface area contributed by atoms with Crippen molar-refractivity contribution in [2.45, 2.75) is 12.1 Å². The smallest absolute Gasteiger partial charge is 0.120 e. The maximum atomic E-state index is 9.74. The van der Waals surface area contributed by atoms with Crippen LogP contribution < -0.4 is 15.8 Å². The van der Waals surface area contributed by atoms with E-state index in [4.69, 9.17) is 22.1 Å². The fourth-order valence-corrected chi connectivity index (χ4v) is 1.87. The minimum absolute atomic E-state index is 0.174. The monoisotopic (exact) mass is 244 g/mol. The lowest BCUT2D eigenvalue weighted by molar-refractivity contribution is 0.139. The molecule has 0 fully saturated rings. The Balaban J connectivity index is 3.01. The van der Waals surface area contributed by atoms with Gasteiger partial charge in [0, 0.05) is 11.6 Å². The van der Waals surface area contributed by atoms with E-state index in [0.29, 0.717) is 10.8 Å². The molecule has 0 aliphatic heterocycles. The number of halogens is 1. The molecule has 16 heavy (non-hydrogen) atoms. The quantitative estimate of drug-likeness (QED) is 0.721. The molecule has 0 spiro atoms. The molecule has 0 heterocycles. The largest absolute Gasteiger partial charge is 0.497 e. The molecule has 2 unspecified atom stereocenters. The molecule has 0 radical (unpaired) electrons. The molecule has 0 amide bonds. The van der Waals surface area contributed by atoms with Crippen molar-refractivity contribution in [1.82, 2.24) is 5.32 Å². The Labute approximate surface area is 100 Å². The predicted molar refractivity (Wildman–Crippen MR) is 64.9 cm³/mol. The van der Waals surface area contributed by atoms with Crippen molar-refractivity contribution in [2.24, 2.45) is 5.73 Å². The van der Waals surface area contributed by atoms with Crippen LogP contribution in [0, 0.1) is 0 Å². The van der Waals surface area contributed by atoms with Crippen molar-refractivity contribution in [1.29, 1.82) is 0 Å². The molecule has 4 N–H and O–H groups in total. The number of nitrogens with one attached hydrogen (secondary N) is 1. The lowest BCUT2D eigenvalue weighted by Gasteiger charge is -2.22. The molecule has 5 heteroatoms. The summed E-state index contributed by atoms with van der Waals surface area (Å²) in [4.78, 5) is 0. The molecule has 0 aromatic heterocycles. The number of hydrogen-bond donors (Lipinski definition) is 3. The number of likely N-dealkylation sites (N-methyl/N-ethyl adjacent to an activating group) is 1. The summed E-state index contributed by atoms with van der Waals surface area (Å²) >= 11 is 6.11. The number of hydrogen-bond acceptors (Lipinski definition) is 4. The van der Waals surface area contributed by atoms with Gasteiger partial charge >= 0.3 is 0 Å². The van der Waals surface area contributed by atoms with E-state index in [1.807, 2.05) is 6.07 Å². The van der Waals surface area contributed by atoms with E-state index in [-0.39, 0.29) is 12.6 Å². The van der Waals surface area contributed by atoms with Crippen LogP contribution in [0.4, 0.5) is 0 Å². The lowest BCUT2D eigenvalue weighted by atomic mass is 10.0. The third kappa shape index (κ3) is 2.86. The van der Waals surface area contributed by atoms with Gasteiger partial charge in [0.1, 0.15) is 5.75 Å². The van der Waals surface area contributed by atoms with E-state index in [9.17, 15) is 5.11 Å². The van der Waals surface area contributed by atoms with Crippen LogP contribution in [0.15, 0.2) is 18.2 Å². The number of methoxy groups -OCH3 is 1. The maximum Gasteiger partial charge on any atom is 0.120 e. The molecule has 1 rings (SSSR count). The molecule has 0 bridgehead atoms. The second-order valence-electron chi connectivity index (χ2n) is 3.46. The van der Waals surface area contributed by atoms with Gasteiger partial charge in [0.25, 0.3) is 0 Å². The number of benzene rings is 1. The van der Waals surface area contributed by atoms with Gasteiger partial charge in [-0.15, -0.1) is 0 Å². The third-order valence-corrected chi connectivity index (χ3v) is 2.81. The highest BCUT2D eigenvalue weighted by Crippen LogP contribution is 2.28. The Hall–Kier alpha value is -0.810. The van der Waals surface area contributed by atoms with Crippen molar-refractivity contribution in [3.63, 3.8) is 0 Å². The Bertz CT molecular complexity index is 347. The van der Waals surface area contributed by atoms with Gasteiger partial charge in [0.2, 0.25) is 0 Å². The summed E-state index contributed by atoms with van der Waals surface area (Å²) in [6, 6.07) is 5.06. The van der Waals surface area contributed by atoms with Crippen LogP contribution in [0.25, 0.3) is 0 Å². The Morgan fingerprint density at radius 2 is 2.25 bits per heavy atom. The lowest BCUT2D eigenvalue weighted by Crippen LogP contribution is -2.35. The van der Waals surface area contributed by atoms with Crippen molar-refractivity contribution < 1.29 is 9.84 Å². The van der Waals surface area contributed by atoms with Gasteiger partial charge < -0.3 is 20.9 Å². The topological polar surface area (TPSA) is 67.5 Å². The summed E-state index contributed by atoms with van der Waals surface area (Å²) in [6.07, 6.45) is -0.670. The van der Waals surface area contributed by atoms with Crippen LogP contribution in [0.1, 0.15) is 11.6 Å². The Kier molecular flexibility index (Phi) is 5.02. The highest BCUT2D eigenvalue weighted by molar-refractivity contribution is 6.31. The summed E-state index contributed by atoms with van der Waals surface area (Å²) in [7, 11) is 3.33. The summed E-state index contributed by atoms with van der Waals surface area (Å²) in [5, 5.41) is 13.3. The van der Waals surface area contributed by atoms with E-state index in [1.54, 1.807) is 26.3 Å². The van der Waals surface area contributed by atoms with Crippen LogP contribution in [0.3, 0.4) is 0 Å². The van der Waals surface area contributed by atoms with Gasteiger partial charge in [0.05, 0.1) is 19.3 Å². The van der Waals surface area contributed by atoms with Gasteiger partial charge in [-0.05, 0) is 24.7 Å². The molecular weight excluding hydrogens is 228 g/mol. The minimum atomic E-state index is -0.670. The number of rotatable bonds is 5. The van der Waals surface area contributed by atoms with Crippen LogP contribution in [-0.4, -0.2) is 31.9 Å². The molecule has 90 valence electrons. The highest BCUT2D eigenvalue weighted by Gasteiger charge is 2.20.